The summed E-state index contributed by atoms with van der Waals surface area (Å²) in [6.45, 7) is 1.51. The van der Waals surface area contributed by atoms with E-state index in [1.807, 2.05) is 41.0 Å². The van der Waals surface area contributed by atoms with Crippen LogP contribution in [0.1, 0.15) is 23.7 Å². The molecule has 0 saturated carbocycles. The largest absolute Gasteiger partial charge is 0.461 e. The van der Waals surface area contributed by atoms with Gasteiger partial charge in [-0.25, -0.2) is 0 Å². The normalized spacial score (nSPS) is 10.7. The van der Waals surface area contributed by atoms with Crippen molar-refractivity contribution in [3.8, 4) is 17.3 Å². The van der Waals surface area contributed by atoms with E-state index >= 15 is 0 Å². The molecule has 8 heteroatoms. The molecule has 0 saturated heterocycles. The molecular weight excluding hydrogens is 412 g/mol. The van der Waals surface area contributed by atoms with Crippen molar-refractivity contribution in [2.45, 2.75) is 18.5 Å². The number of thioether (sulfide) groups is 1. The van der Waals surface area contributed by atoms with E-state index in [1.54, 1.807) is 36.6 Å². The number of rotatable bonds is 8. The first kappa shape index (κ1) is 20.6. The number of hydrogen-bond donors (Lipinski definition) is 1. The average Bonchev–Trinajstić information content (AvgIpc) is 3.44. The van der Waals surface area contributed by atoms with Crippen LogP contribution in [0.3, 0.4) is 0 Å². The minimum absolute atomic E-state index is 0.00859. The third-order valence-corrected chi connectivity index (χ3v) is 5.46. The molecule has 0 atom stereocenters. The smallest absolute Gasteiger partial charge is 0.225 e. The molecule has 1 amide bonds. The lowest BCUT2D eigenvalue weighted by molar-refractivity contribution is -0.115. The van der Waals surface area contributed by atoms with Gasteiger partial charge in [-0.2, -0.15) is 0 Å². The summed E-state index contributed by atoms with van der Waals surface area (Å²) in [4.78, 5) is 23.7. The second-order valence-electron chi connectivity index (χ2n) is 6.73. The molecule has 0 unspecified atom stereocenters. The van der Waals surface area contributed by atoms with E-state index in [2.05, 4.69) is 15.5 Å². The number of anilines is 1. The molecule has 0 aliphatic carbocycles. The molecule has 156 valence electrons. The monoisotopic (exact) mass is 432 g/mol. The van der Waals surface area contributed by atoms with Crippen LogP contribution in [-0.4, -0.2) is 32.2 Å². The molecular formula is C23H20N4O3S. The second-order valence-corrected chi connectivity index (χ2v) is 7.80. The number of carbonyl (C=O) groups is 2. The Morgan fingerprint density at radius 2 is 1.77 bits per heavy atom. The lowest BCUT2D eigenvalue weighted by Gasteiger charge is -2.09. The molecule has 0 fully saturated rings. The van der Waals surface area contributed by atoms with Gasteiger partial charge in [0.25, 0.3) is 0 Å². The van der Waals surface area contributed by atoms with Crippen LogP contribution in [0.15, 0.2) is 82.6 Å². The standard InChI is InChI=1S/C23H20N4O3S/c1-16(28)17-9-11-18(12-10-17)24-21(29)13-15-31-23-26-25-22(20-8-5-14-30-20)27(23)19-6-3-2-4-7-19/h2-12,14H,13,15H2,1H3,(H,24,29). The molecule has 31 heavy (non-hydrogen) atoms. The first-order valence-electron chi connectivity index (χ1n) is 9.70. The highest BCUT2D eigenvalue weighted by molar-refractivity contribution is 7.99. The average molecular weight is 433 g/mol. The molecule has 7 nitrogen and oxygen atoms in total. The van der Waals surface area contributed by atoms with E-state index < -0.39 is 0 Å². The Bertz CT molecular complexity index is 1170. The van der Waals surface area contributed by atoms with E-state index in [4.69, 9.17) is 4.42 Å². The zero-order valence-corrected chi connectivity index (χ0v) is 17.6. The van der Waals surface area contributed by atoms with Crippen LogP contribution in [-0.2, 0) is 4.79 Å². The van der Waals surface area contributed by atoms with Gasteiger partial charge in [0, 0.05) is 29.1 Å². The van der Waals surface area contributed by atoms with Crippen LogP contribution >= 0.6 is 11.8 Å². The van der Waals surface area contributed by atoms with Crippen molar-refractivity contribution in [1.29, 1.82) is 0 Å². The van der Waals surface area contributed by atoms with Crippen molar-refractivity contribution in [3.05, 3.63) is 78.6 Å². The zero-order chi connectivity index (χ0) is 21.6. The highest BCUT2D eigenvalue weighted by Crippen LogP contribution is 2.28. The fourth-order valence-corrected chi connectivity index (χ4v) is 3.87. The lowest BCUT2D eigenvalue weighted by Crippen LogP contribution is -2.12. The Hall–Kier alpha value is -3.65. The Morgan fingerprint density at radius 3 is 2.45 bits per heavy atom. The van der Waals surface area contributed by atoms with Crippen LogP contribution in [0.4, 0.5) is 5.69 Å². The number of carbonyl (C=O) groups excluding carboxylic acids is 2. The number of benzene rings is 2. The fourth-order valence-electron chi connectivity index (χ4n) is 2.99. The van der Waals surface area contributed by atoms with Gasteiger partial charge in [0.1, 0.15) is 0 Å². The number of para-hydroxylation sites is 1. The van der Waals surface area contributed by atoms with Gasteiger partial charge in [0.05, 0.1) is 6.26 Å². The minimum Gasteiger partial charge on any atom is -0.461 e. The van der Waals surface area contributed by atoms with Gasteiger partial charge in [-0.05, 0) is 55.5 Å². The van der Waals surface area contributed by atoms with Crippen molar-refractivity contribution in [1.82, 2.24) is 14.8 Å². The molecule has 4 rings (SSSR count). The third kappa shape index (κ3) is 4.92. The van der Waals surface area contributed by atoms with Crippen LogP contribution in [0, 0.1) is 0 Å². The summed E-state index contributed by atoms with van der Waals surface area (Å²) in [7, 11) is 0. The number of furan rings is 1. The van der Waals surface area contributed by atoms with Crippen LogP contribution in [0.5, 0.6) is 0 Å². The van der Waals surface area contributed by atoms with E-state index in [0.717, 1.165) is 5.69 Å². The number of Topliss-reactive ketones (excluding diaryl/α,β-unsaturated/α-hetero) is 1. The molecule has 2 aromatic carbocycles. The number of ketones is 1. The number of nitrogens with one attached hydrogen (secondary N) is 1. The molecule has 2 aromatic heterocycles. The van der Waals surface area contributed by atoms with Gasteiger partial charge in [0.15, 0.2) is 16.7 Å². The van der Waals surface area contributed by atoms with Crippen LogP contribution < -0.4 is 5.32 Å². The maximum absolute atomic E-state index is 12.3. The van der Waals surface area contributed by atoms with Gasteiger partial charge < -0.3 is 9.73 Å². The maximum Gasteiger partial charge on any atom is 0.225 e. The third-order valence-electron chi connectivity index (χ3n) is 4.52. The molecule has 0 bridgehead atoms. The Kier molecular flexibility index (Phi) is 6.28. The lowest BCUT2D eigenvalue weighted by atomic mass is 10.1. The summed E-state index contributed by atoms with van der Waals surface area (Å²) in [5.41, 5.74) is 2.19. The van der Waals surface area contributed by atoms with E-state index in [9.17, 15) is 9.59 Å². The molecule has 0 radical (unpaired) electrons. The maximum atomic E-state index is 12.3. The van der Waals surface area contributed by atoms with Gasteiger partial charge >= 0.3 is 0 Å². The molecule has 4 aromatic rings. The van der Waals surface area contributed by atoms with Crippen molar-refractivity contribution < 1.29 is 14.0 Å². The molecule has 1 N–H and O–H groups in total. The number of aromatic nitrogens is 3. The topological polar surface area (TPSA) is 90.0 Å². The predicted molar refractivity (Wildman–Crippen MR) is 119 cm³/mol. The summed E-state index contributed by atoms with van der Waals surface area (Å²) in [5.74, 6) is 1.63. The summed E-state index contributed by atoms with van der Waals surface area (Å²) in [5, 5.41) is 12.1. The Morgan fingerprint density at radius 1 is 1.00 bits per heavy atom. The summed E-state index contributed by atoms with van der Waals surface area (Å²) in [6.07, 6.45) is 1.90. The molecule has 0 spiro atoms. The number of hydrogen-bond acceptors (Lipinski definition) is 6. The SMILES string of the molecule is CC(=O)c1ccc(NC(=O)CCSc2nnc(-c3ccco3)n2-c2ccccc2)cc1. The number of amides is 1. The van der Waals surface area contributed by atoms with E-state index in [0.29, 0.717) is 40.2 Å². The van der Waals surface area contributed by atoms with E-state index in [-0.39, 0.29) is 11.7 Å². The first-order chi connectivity index (χ1) is 15.1. The summed E-state index contributed by atoms with van der Waals surface area (Å²) in [6, 6.07) is 20.3. The van der Waals surface area contributed by atoms with Crippen molar-refractivity contribution in [2.24, 2.45) is 0 Å². The Labute approximate surface area is 183 Å². The minimum atomic E-state index is -0.111. The van der Waals surface area contributed by atoms with Gasteiger partial charge in [-0.15, -0.1) is 10.2 Å². The highest BCUT2D eigenvalue weighted by atomic mass is 32.2. The van der Waals surface area contributed by atoms with Crippen molar-refractivity contribution in [3.63, 3.8) is 0 Å². The molecule has 2 heterocycles. The Balaban J connectivity index is 1.43. The van der Waals surface area contributed by atoms with Crippen LogP contribution in [0.25, 0.3) is 17.3 Å². The van der Waals surface area contributed by atoms with Gasteiger partial charge in [-0.1, -0.05) is 30.0 Å². The predicted octanol–water partition coefficient (Wildman–Crippen LogP) is 4.85. The summed E-state index contributed by atoms with van der Waals surface area (Å²) < 4.78 is 7.43. The molecule has 0 aliphatic heterocycles. The van der Waals surface area contributed by atoms with Gasteiger partial charge in [0.2, 0.25) is 11.7 Å². The highest BCUT2D eigenvalue weighted by Gasteiger charge is 2.18. The number of nitrogens with zero attached hydrogens (tertiary/aromatic N) is 3. The summed E-state index contributed by atoms with van der Waals surface area (Å²) >= 11 is 1.45. The van der Waals surface area contributed by atoms with E-state index in [1.165, 1.54) is 18.7 Å². The van der Waals surface area contributed by atoms with Gasteiger partial charge in [-0.3, -0.25) is 14.2 Å². The molecule has 0 aliphatic rings. The second kappa shape index (κ2) is 9.44. The fraction of sp³-hybridized carbons (Fsp3) is 0.130. The quantitative estimate of drug-likeness (QED) is 0.316. The van der Waals surface area contributed by atoms with Crippen LogP contribution in [0.2, 0.25) is 0 Å². The van der Waals surface area contributed by atoms with Crippen molar-refractivity contribution in [2.75, 3.05) is 11.1 Å². The van der Waals surface area contributed by atoms with Crippen molar-refractivity contribution >= 4 is 29.1 Å². The zero-order valence-electron chi connectivity index (χ0n) is 16.8. The first-order valence-corrected chi connectivity index (χ1v) is 10.7.